The molecular formula is C17H19N3. The summed E-state index contributed by atoms with van der Waals surface area (Å²) in [6, 6.07) is 12.5. The molecule has 0 aliphatic carbocycles. The number of pyridine rings is 1. The first-order chi connectivity index (χ1) is 9.61. The summed E-state index contributed by atoms with van der Waals surface area (Å²) in [5.41, 5.74) is 12.9. The van der Waals surface area contributed by atoms with Gasteiger partial charge in [-0.1, -0.05) is 31.2 Å². The van der Waals surface area contributed by atoms with E-state index in [1.165, 1.54) is 11.1 Å². The minimum Gasteiger partial charge on any atom is -0.383 e. The minimum atomic E-state index is 0.721. The quantitative estimate of drug-likeness (QED) is 0.766. The predicted octanol–water partition coefficient (Wildman–Crippen LogP) is 3.76. The molecule has 1 aromatic carbocycles. The first-order valence-electron chi connectivity index (χ1n) is 6.95. The van der Waals surface area contributed by atoms with Gasteiger partial charge >= 0.3 is 0 Å². The maximum atomic E-state index is 6.35. The number of fused-ring (bicyclic) bond motifs is 1. The molecule has 3 rings (SSSR count). The zero-order valence-corrected chi connectivity index (χ0v) is 12.1. The second-order valence-electron chi connectivity index (χ2n) is 5.22. The maximum absolute atomic E-state index is 6.35. The van der Waals surface area contributed by atoms with Crippen LogP contribution < -0.4 is 5.73 Å². The van der Waals surface area contributed by atoms with E-state index in [0.29, 0.717) is 0 Å². The third-order valence-electron chi connectivity index (χ3n) is 3.74. The zero-order valence-electron chi connectivity index (χ0n) is 12.1. The molecule has 0 radical (unpaired) electrons. The van der Waals surface area contributed by atoms with Gasteiger partial charge in [-0.3, -0.25) is 4.40 Å². The second kappa shape index (κ2) is 4.67. The first-order valence-corrected chi connectivity index (χ1v) is 6.95. The molecule has 2 N–H and O–H groups in total. The first kappa shape index (κ1) is 12.7. The monoisotopic (exact) mass is 265 g/mol. The number of imidazole rings is 1. The number of nitrogens with two attached hydrogens (primary N) is 1. The number of benzene rings is 1. The Kier molecular flexibility index (Phi) is 2.97. The third-order valence-corrected chi connectivity index (χ3v) is 3.74. The van der Waals surface area contributed by atoms with Crippen molar-refractivity contribution in [2.45, 2.75) is 27.2 Å². The molecule has 0 amide bonds. The Hall–Kier alpha value is -2.29. The molecule has 3 aromatic rings. The number of nitrogens with zero attached hydrogens (tertiary/aromatic N) is 2. The highest BCUT2D eigenvalue weighted by Crippen LogP contribution is 2.30. The van der Waals surface area contributed by atoms with Crippen molar-refractivity contribution in [3.8, 4) is 11.3 Å². The SMILES string of the molecule is CCc1ccccc1-c1nc2cc(C)cc(C)n2c1N. The fraction of sp³-hybridized carbons (Fsp3) is 0.235. The Balaban J connectivity index is 2.32. The number of rotatable bonds is 2. The molecule has 0 bridgehead atoms. The molecule has 0 saturated heterocycles. The van der Waals surface area contributed by atoms with E-state index in [2.05, 4.69) is 51.1 Å². The van der Waals surface area contributed by atoms with Gasteiger partial charge in [-0.15, -0.1) is 0 Å². The summed E-state index contributed by atoms with van der Waals surface area (Å²) in [7, 11) is 0. The highest BCUT2D eigenvalue weighted by molar-refractivity contribution is 5.77. The van der Waals surface area contributed by atoms with Gasteiger partial charge in [0.1, 0.15) is 17.2 Å². The molecule has 0 spiro atoms. The fourth-order valence-electron chi connectivity index (χ4n) is 2.82. The third kappa shape index (κ3) is 1.86. The number of hydrogen-bond acceptors (Lipinski definition) is 2. The van der Waals surface area contributed by atoms with Crippen molar-refractivity contribution in [1.29, 1.82) is 0 Å². The van der Waals surface area contributed by atoms with Gasteiger partial charge in [0, 0.05) is 11.3 Å². The van der Waals surface area contributed by atoms with Crippen molar-refractivity contribution in [1.82, 2.24) is 9.38 Å². The van der Waals surface area contributed by atoms with Crippen molar-refractivity contribution in [3.63, 3.8) is 0 Å². The van der Waals surface area contributed by atoms with E-state index in [1.54, 1.807) is 0 Å². The molecule has 0 aliphatic rings. The molecule has 2 aromatic heterocycles. The van der Waals surface area contributed by atoms with E-state index in [0.717, 1.165) is 34.8 Å². The van der Waals surface area contributed by atoms with Gasteiger partial charge in [0.2, 0.25) is 0 Å². The Morgan fingerprint density at radius 1 is 1.15 bits per heavy atom. The van der Waals surface area contributed by atoms with E-state index >= 15 is 0 Å². The van der Waals surface area contributed by atoms with Crippen LogP contribution in [-0.4, -0.2) is 9.38 Å². The van der Waals surface area contributed by atoms with Gasteiger partial charge in [0.15, 0.2) is 0 Å². The molecule has 0 unspecified atom stereocenters. The Morgan fingerprint density at radius 3 is 2.65 bits per heavy atom. The van der Waals surface area contributed by atoms with Crippen LogP contribution in [0.25, 0.3) is 16.9 Å². The van der Waals surface area contributed by atoms with Crippen molar-refractivity contribution in [2.24, 2.45) is 0 Å². The summed E-state index contributed by atoms with van der Waals surface area (Å²) >= 11 is 0. The standard InChI is InChI=1S/C17H19N3/c1-4-13-7-5-6-8-14(13)16-17(18)20-12(3)9-11(2)10-15(20)19-16/h5-10H,4,18H2,1-3H3. The van der Waals surface area contributed by atoms with E-state index < -0.39 is 0 Å². The molecule has 2 heterocycles. The second-order valence-corrected chi connectivity index (χ2v) is 5.22. The van der Waals surface area contributed by atoms with Crippen LogP contribution in [0.5, 0.6) is 0 Å². The van der Waals surface area contributed by atoms with Crippen molar-refractivity contribution < 1.29 is 0 Å². The topological polar surface area (TPSA) is 43.3 Å². The Morgan fingerprint density at radius 2 is 1.90 bits per heavy atom. The van der Waals surface area contributed by atoms with Crippen LogP contribution in [0.15, 0.2) is 36.4 Å². The highest BCUT2D eigenvalue weighted by atomic mass is 15.1. The molecule has 102 valence electrons. The summed E-state index contributed by atoms with van der Waals surface area (Å²) in [6.07, 6.45) is 0.974. The lowest BCUT2D eigenvalue weighted by Crippen LogP contribution is -1.99. The summed E-state index contributed by atoms with van der Waals surface area (Å²) < 4.78 is 2.02. The van der Waals surface area contributed by atoms with Crippen LogP contribution in [0.4, 0.5) is 5.82 Å². The van der Waals surface area contributed by atoms with Gasteiger partial charge in [-0.05, 0) is 43.5 Å². The summed E-state index contributed by atoms with van der Waals surface area (Å²) in [4.78, 5) is 4.75. The summed E-state index contributed by atoms with van der Waals surface area (Å²) in [6.45, 7) is 6.30. The molecule has 0 fully saturated rings. The molecule has 3 heteroatoms. The lowest BCUT2D eigenvalue weighted by molar-refractivity contribution is 1.09. The van der Waals surface area contributed by atoms with Gasteiger partial charge in [0.05, 0.1) is 0 Å². The van der Waals surface area contributed by atoms with Crippen LogP contribution in [0.2, 0.25) is 0 Å². The number of aromatic nitrogens is 2. The fourth-order valence-corrected chi connectivity index (χ4v) is 2.82. The van der Waals surface area contributed by atoms with E-state index in [9.17, 15) is 0 Å². The van der Waals surface area contributed by atoms with E-state index in [-0.39, 0.29) is 0 Å². The number of hydrogen-bond donors (Lipinski definition) is 1. The van der Waals surface area contributed by atoms with Crippen molar-refractivity contribution in [2.75, 3.05) is 5.73 Å². The number of anilines is 1. The lowest BCUT2D eigenvalue weighted by atomic mass is 10.0. The maximum Gasteiger partial charge on any atom is 0.139 e. The average molecular weight is 265 g/mol. The zero-order chi connectivity index (χ0) is 14.3. The van der Waals surface area contributed by atoms with Gasteiger partial charge in [0.25, 0.3) is 0 Å². The highest BCUT2D eigenvalue weighted by Gasteiger charge is 2.15. The summed E-state index contributed by atoms with van der Waals surface area (Å²) in [5.74, 6) is 0.721. The van der Waals surface area contributed by atoms with E-state index in [1.807, 2.05) is 10.5 Å². The van der Waals surface area contributed by atoms with Crippen molar-refractivity contribution >= 4 is 11.5 Å². The van der Waals surface area contributed by atoms with Crippen LogP contribution >= 0.6 is 0 Å². The molecule has 0 aliphatic heterocycles. The van der Waals surface area contributed by atoms with Crippen LogP contribution in [0.3, 0.4) is 0 Å². The summed E-state index contributed by atoms with van der Waals surface area (Å²) in [5, 5.41) is 0. The largest absolute Gasteiger partial charge is 0.383 e. The van der Waals surface area contributed by atoms with Crippen molar-refractivity contribution in [3.05, 3.63) is 53.2 Å². The Bertz CT molecular complexity index is 784. The van der Waals surface area contributed by atoms with Gasteiger partial charge < -0.3 is 5.73 Å². The average Bonchev–Trinajstić information content (AvgIpc) is 2.75. The lowest BCUT2D eigenvalue weighted by Gasteiger charge is -2.06. The predicted molar refractivity (Wildman–Crippen MR) is 83.9 cm³/mol. The van der Waals surface area contributed by atoms with Gasteiger partial charge in [-0.2, -0.15) is 0 Å². The smallest absolute Gasteiger partial charge is 0.139 e. The molecule has 3 nitrogen and oxygen atoms in total. The normalized spacial score (nSPS) is 11.2. The molecule has 20 heavy (non-hydrogen) atoms. The molecular weight excluding hydrogens is 246 g/mol. The molecule has 0 saturated carbocycles. The Labute approximate surface area is 119 Å². The van der Waals surface area contributed by atoms with Gasteiger partial charge in [-0.25, -0.2) is 4.98 Å². The van der Waals surface area contributed by atoms with Crippen LogP contribution in [0.1, 0.15) is 23.7 Å². The number of nitrogen functional groups attached to an aromatic ring is 1. The van der Waals surface area contributed by atoms with Crippen LogP contribution in [-0.2, 0) is 6.42 Å². The number of aryl methyl sites for hydroxylation is 3. The molecule has 0 atom stereocenters. The van der Waals surface area contributed by atoms with E-state index in [4.69, 9.17) is 10.7 Å². The minimum absolute atomic E-state index is 0.721. The van der Waals surface area contributed by atoms with Crippen LogP contribution in [0, 0.1) is 13.8 Å².